The average Bonchev–Trinajstić information content (AvgIpc) is 2.73. The minimum absolute atomic E-state index is 0.0131. The fraction of sp³-hybridized carbons (Fsp3) is 0.136. The van der Waals surface area contributed by atoms with Crippen molar-refractivity contribution in [2.24, 2.45) is 0 Å². The lowest BCUT2D eigenvalue weighted by molar-refractivity contribution is 0.0971. The van der Waals surface area contributed by atoms with E-state index in [-0.39, 0.29) is 18.4 Å². The number of aromatic nitrogens is 1. The standard InChI is InChI=1S/C22H21N3O3/c26-14-4-7-20(27)17-10-8-16(9-11-17)18-12-13-21(23-15-18)25-22(28)24-19-5-2-1-3-6-19/h1-3,5-6,8-13,15,26H,4,7,14H2,(H2,23,24,25,28). The molecule has 6 nitrogen and oxygen atoms in total. The van der Waals surface area contributed by atoms with E-state index in [1.807, 2.05) is 36.4 Å². The molecule has 1 aromatic heterocycles. The molecule has 0 aliphatic carbocycles. The zero-order chi connectivity index (χ0) is 19.8. The summed E-state index contributed by atoms with van der Waals surface area (Å²) in [5, 5.41) is 14.2. The molecule has 0 atom stereocenters. The number of hydrogen-bond acceptors (Lipinski definition) is 4. The highest BCUT2D eigenvalue weighted by Gasteiger charge is 2.07. The zero-order valence-electron chi connectivity index (χ0n) is 15.3. The van der Waals surface area contributed by atoms with Gasteiger partial charge in [-0.15, -0.1) is 0 Å². The van der Waals surface area contributed by atoms with Crippen LogP contribution in [0.1, 0.15) is 23.2 Å². The number of anilines is 2. The van der Waals surface area contributed by atoms with E-state index < -0.39 is 0 Å². The number of ketones is 1. The molecule has 2 amide bonds. The first-order valence-electron chi connectivity index (χ1n) is 8.99. The predicted molar refractivity (Wildman–Crippen MR) is 109 cm³/mol. The van der Waals surface area contributed by atoms with Gasteiger partial charge in [0.15, 0.2) is 5.78 Å². The maximum atomic E-state index is 12.0. The maximum Gasteiger partial charge on any atom is 0.324 e. The van der Waals surface area contributed by atoms with Gasteiger partial charge in [-0.05, 0) is 36.2 Å². The SMILES string of the molecule is O=C(Nc1ccccc1)Nc1ccc(-c2ccc(C(=O)CCCO)cc2)cn1. The molecule has 142 valence electrons. The highest BCUT2D eigenvalue weighted by molar-refractivity contribution is 5.99. The van der Waals surface area contributed by atoms with Gasteiger partial charge in [0.1, 0.15) is 5.82 Å². The van der Waals surface area contributed by atoms with E-state index in [2.05, 4.69) is 15.6 Å². The van der Waals surface area contributed by atoms with Gasteiger partial charge in [-0.2, -0.15) is 0 Å². The van der Waals surface area contributed by atoms with Gasteiger partial charge in [-0.25, -0.2) is 9.78 Å². The smallest absolute Gasteiger partial charge is 0.324 e. The Morgan fingerprint density at radius 3 is 2.21 bits per heavy atom. The van der Waals surface area contributed by atoms with E-state index in [1.54, 1.807) is 36.5 Å². The van der Waals surface area contributed by atoms with Gasteiger partial charge in [-0.3, -0.25) is 10.1 Å². The van der Waals surface area contributed by atoms with Crippen LogP contribution in [-0.2, 0) is 0 Å². The van der Waals surface area contributed by atoms with Crippen LogP contribution < -0.4 is 10.6 Å². The minimum atomic E-state index is -0.364. The molecule has 0 unspecified atom stereocenters. The molecule has 0 radical (unpaired) electrons. The molecular weight excluding hydrogens is 354 g/mol. The predicted octanol–water partition coefficient (Wildman–Crippen LogP) is 4.35. The van der Waals surface area contributed by atoms with Crippen molar-refractivity contribution in [3.05, 3.63) is 78.5 Å². The summed E-state index contributed by atoms with van der Waals surface area (Å²) >= 11 is 0. The van der Waals surface area contributed by atoms with E-state index in [9.17, 15) is 9.59 Å². The summed E-state index contributed by atoms with van der Waals surface area (Å²) in [4.78, 5) is 28.2. The number of nitrogens with one attached hydrogen (secondary N) is 2. The van der Waals surface area contributed by atoms with E-state index in [4.69, 9.17) is 5.11 Å². The van der Waals surface area contributed by atoms with E-state index in [0.29, 0.717) is 29.9 Å². The minimum Gasteiger partial charge on any atom is -0.396 e. The third kappa shape index (κ3) is 5.25. The lowest BCUT2D eigenvalue weighted by Gasteiger charge is -2.08. The number of Topliss-reactive ketones (excluding diaryl/α,β-unsaturated/α-hetero) is 1. The number of pyridine rings is 1. The number of amides is 2. The van der Waals surface area contributed by atoms with Crippen molar-refractivity contribution in [2.75, 3.05) is 17.2 Å². The Labute approximate surface area is 163 Å². The van der Waals surface area contributed by atoms with Crippen LogP contribution in [0.2, 0.25) is 0 Å². The molecule has 6 heteroatoms. The number of carbonyl (C=O) groups is 2. The van der Waals surface area contributed by atoms with Gasteiger partial charge < -0.3 is 10.4 Å². The molecule has 0 bridgehead atoms. The second-order valence-electron chi connectivity index (χ2n) is 6.20. The molecule has 28 heavy (non-hydrogen) atoms. The average molecular weight is 375 g/mol. The molecule has 3 N–H and O–H groups in total. The number of para-hydroxylation sites is 1. The molecule has 0 aliphatic rings. The van der Waals surface area contributed by atoms with E-state index >= 15 is 0 Å². The Morgan fingerprint density at radius 2 is 1.57 bits per heavy atom. The summed E-state index contributed by atoms with van der Waals surface area (Å²) in [7, 11) is 0. The number of carbonyl (C=O) groups excluding carboxylic acids is 2. The van der Waals surface area contributed by atoms with Gasteiger partial charge in [-0.1, -0.05) is 42.5 Å². The van der Waals surface area contributed by atoms with Gasteiger partial charge in [0.25, 0.3) is 0 Å². The molecular formula is C22H21N3O3. The summed E-state index contributed by atoms with van der Waals surface area (Å²) in [6, 6.07) is 19.6. The quantitative estimate of drug-likeness (QED) is 0.536. The fourth-order valence-corrected chi connectivity index (χ4v) is 2.67. The monoisotopic (exact) mass is 375 g/mol. The van der Waals surface area contributed by atoms with Crippen molar-refractivity contribution >= 4 is 23.3 Å². The van der Waals surface area contributed by atoms with Gasteiger partial charge in [0.2, 0.25) is 0 Å². The van der Waals surface area contributed by atoms with Gasteiger partial charge in [0, 0.05) is 36.0 Å². The molecule has 0 spiro atoms. The Balaban J connectivity index is 1.61. The third-order valence-electron chi connectivity index (χ3n) is 4.14. The normalized spacial score (nSPS) is 10.3. The van der Waals surface area contributed by atoms with E-state index in [0.717, 1.165) is 11.1 Å². The Hall–Kier alpha value is -3.51. The van der Waals surface area contributed by atoms with Crippen LogP contribution in [0.5, 0.6) is 0 Å². The van der Waals surface area contributed by atoms with Crippen LogP contribution in [0.4, 0.5) is 16.3 Å². The third-order valence-corrected chi connectivity index (χ3v) is 4.14. The van der Waals surface area contributed by atoms with Crippen LogP contribution in [0.15, 0.2) is 72.9 Å². The molecule has 3 rings (SSSR count). The Morgan fingerprint density at radius 1 is 0.857 bits per heavy atom. The van der Waals surface area contributed by atoms with Crippen molar-refractivity contribution in [2.45, 2.75) is 12.8 Å². The number of aliphatic hydroxyl groups excluding tert-OH is 1. The molecule has 3 aromatic rings. The van der Waals surface area contributed by atoms with Crippen molar-refractivity contribution in [3.8, 4) is 11.1 Å². The number of hydrogen-bond donors (Lipinski definition) is 3. The second-order valence-corrected chi connectivity index (χ2v) is 6.20. The zero-order valence-corrected chi connectivity index (χ0v) is 15.3. The Kier molecular flexibility index (Phi) is 6.49. The molecule has 1 heterocycles. The number of rotatable bonds is 7. The lowest BCUT2D eigenvalue weighted by atomic mass is 10.0. The topological polar surface area (TPSA) is 91.3 Å². The van der Waals surface area contributed by atoms with Crippen LogP contribution in [-0.4, -0.2) is 28.5 Å². The van der Waals surface area contributed by atoms with Crippen molar-refractivity contribution < 1.29 is 14.7 Å². The molecule has 0 aliphatic heterocycles. The van der Waals surface area contributed by atoms with Gasteiger partial charge in [0.05, 0.1) is 0 Å². The summed E-state index contributed by atoms with van der Waals surface area (Å²) in [6.45, 7) is 0.0131. The van der Waals surface area contributed by atoms with Crippen LogP contribution in [0.3, 0.4) is 0 Å². The summed E-state index contributed by atoms with van der Waals surface area (Å²) in [5.41, 5.74) is 3.13. The molecule has 0 fully saturated rings. The first-order valence-corrected chi connectivity index (χ1v) is 8.99. The van der Waals surface area contributed by atoms with Crippen molar-refractivity contribution in [3.63, 3.8) is 0 Å². The summed E-state index contributed by atoms with van der Waals surface area (Å²) in [6.07, 6.45) is 2.47. The highest BCUT2D eigenvalue weighted by Crippen LogP contribution is 2.21. The maximum absolute atomic E-state index is 12.0. The summed E-state index contributed by atoms with van der Waals surface area (Å²) < 4.78 is 0. The second kappa shape index (κ2) is 9.43. The van der Waals surface area contributed by atoms with Crippen LogP contribution in [0.25, 0.3) is 11.1 Å². The van der Waals surface area contributed by atoms with Crippen LogP contribution >= 0.6 is 0 Å². The lowest BCUT2D eigenvalue weighted by Crippen LogP contribution is -2.19. The fourth-order valence-electron chi connectivity index (χ4n) is 2.67. The van der Waals surface area contributed by atoms with Crippen molar-refractivity contribution in [1.82, 2.24) is 4.98 Å². The number of aliphatic hydroxyl groups is 1. The Bertz CT molecular complexity index is 924. The molecule has 0 saturated heterocycles. The van der Waals surface area contributed by atoms with E-state index in [1.165, 1.54) is 0 Å². The number of benzene rings is 2. The largest absolute Gasteiger partial charge is 0.396 e. The molecule has 0 saturated carbocycles. The number of nitrogens with zero attached hydrogens (tertiary/aromatic N) is 1. The first kappa shape index (κ1) is 19.3. The highest BCUT2D eigenvalue weighted by atomic mass is 16.3. The summed E-state index contributed by atoms with van der Waals surface area (Å²) in [5.74, 6) is 0.454. The van der Waals surface area contributed by atoms with Gasteiger partial charge >= 0.3 is 6.03 Å². The first-order chi connectivity index (χ1) is 13.7. The van der Waals surface area contributed by atoms with Crippen molar-refractivity contribution in [1.29, 1.82) is 0 Å². The number of urea groups is 1. The molecule has 2 aromatic carbocycles. The van der Waals surface area contributed by atoms with Crippen LogP contribution in [0, 0.1) is 0 Å².